The smallest absolute Gasteiger partial charge is 0.329 e. The summed E-state index contributed by atoms with van der Waals surface area (Å²) in [5.41, 5.74) is 2.44. The third-order valence-electron chi connectivity index (χ3n) is 9.10. The van der Waals surface area contributed by atoms with Crippen LogP contribution in [0.15, 0.2) is 105 Å². The van der Waals surface area contributed by atoms with E-state index in [4.69, 9.17) is 10.4 Å². The largest absolute Gasteiger partial charge is 0.411 e. The number of rotatable bonds is 18. The number of carbonyl (C=O) groups is 1. The van der Waals surface area contributed by atoms with Crippen LogP contribution in [0.5, 0.6) is 0 Å². The van der Waals surface area contributed by atoms with Crippen LogP contribution < -0.4 is 11.0 Å². The molecule has 0 aliphatic heterocycles. The molecule has 0 fully saturated rings. The number of oxime groups is 2. The van der Waals surface area contributed by atoms with E-state index in [9.17, 15) is 23.1 Å². The predicted molar refractivity (Wildman–Crippen MR) is 202 cm³/mol. The highest BCUT2D eigenvalue weighted by molar-refractivity contribution is 7.89. The number of aliphatic hydroxyl groups is 1. The van der Waals surface area contributed by atoms with Gasteiger partial charge >= 0.3 is 5.69 Å². The van der Waals surface area contributed by atoms with E-state index in [-0.39, 0.29) is 42.8 Å². The zero-order valence-corrected chi connectivity index (χ0v) is 31.5. The van der Waals surface area contributed by atoms with E-state index in [0.717, 1.165) is 11.1 Å². The fourth-order valence-corrected chi connectivity index (χ4v) is 7.66. The van der Waals surface area contributed by atoms with Gasteiger partial charge in [0.05, 0.1) is 35.5 Å². The zero-order valence-electron chi connectivity index (χ0n) is 30.6. The van der Waals surface area contributed by atoms with Gasteiger partial charge in [-0.1, -0.05) is 86.9 Å². The molecule has 0 radical (unpaired) electrons. The van der Waals surface area contributed by atoms with E-state index in [1.165, 1.54) is 43.9 Å². The van der Waals surface area contributed by atoms with Crippen LogP contribution >= 0.6 is 0 Å². The highest BCUT2D eigenvalue weighted by Gasteiger charge is 2.34. The fourth-order valence-electron chi connectivity index (χ4n) is 6.04. The van der Waals surface area contributed by atoms with Crippen molar-refractivity contribution in [2.24, 2.45) is 22.1 Å². The van der Waals surface area contributed by atoms with E-state index in [2.05, 4.69) is 20.6 Å². The van der Waals surface area contributed by atoms with Gasteiger partial charge in [-0.2, -0.15) is 4.31 Å². The standard InChI is InChI=1S/C38H49N7O7S/c1-6-27(4)36(45-19-18-43(38(45)48)24-31-16-17-39-33(21-31)28(5)42-50)37(47)41-34(20-29-10-8-7-9-11-29)35(46)25-44(23-26(2)3)53(51,52)32-14-12-30(13-15-32)22-40-49/h7-19,21-22,26-27,34-36,46,49-50H,6,20,23-25H2,1-5H3,(H,41,47)/b40-22+,42-28?/t27?,34-,35+,36?/m0/s1. The first-order valence-electron chi connectivity index (χ1n) is 17.5. The molecule has 0 bridgehead atoms. The van der Waals surface area contributed by atoms with E-state index in [0.29, 0.717) is 23.4 Å². The molecule has 4 aromatic rings. The van der Waals surface area contributed by atoms with Crippen molar-refractivity contribution in [1.82, 2.24) is 23.7 Å². The number of hydrogen-bond donors (Lipinski definition) is 4. The second-order valence-corrected chi connectivity index (χ2v) is 15.5. The molecular formula is C38H49N7O7S. The highest BCUT2D eigenvalue weighted by Crippen LogP contribution is 2.23. The van der Waals surface area contributed by atoms with E-state index >= 15 is 0 Å². The maximum atomic E-state index is 14.3. The Kier molecular flexibility index (Phi) is 14.2. The molecule has 4 atom stereocenters. The van der Waals surface area contributed by atoms with Gasteiger partial charge < -0.3 is 20.8 Å². The number of nitrogens with zero attached hydrogens (tertiary/aromatic N) is 6. The van der Waals surface area contributed by atoms with Crippen molar-refractivity contribution in [2.75, 3.05) is 13.1 Å². The normalized spacial score (nSPS) is 14.8. The van der Waals surface area contributed by atoms with Gasteiger partial charge in [0.2, 0.25) is 15.9 Å². The molecule has 1 amide bonds. The summed E-state index contributed by atoms with van der Waals surface area (Å²) < 4.78 is 31.9. The molecular weight excluding hydrogens is 699 g/mol. The highest BCUT2D eigenvalue weighted by atomic mass is 32.2. The summed E-state index contributed by atoms with van der Waals surface area (Å²) in [7, 11) is -4.09. The molecule has 15 heteroatoms. The average molecular weight is 748 g/mol. The molecule has 284 valence electrons. The summed E-state index contributed by atoms with van der Waals surface area (Å²) in [6.07, 6.45) is 5.35. The number of sulfonamides is 1. The van der Waals surface area contributed by atoms with E-state index in [1.807, 2.05) is 58.0 Å². The Morgan fingerprint density at radius 3 is 2.32 bits per heavy atom. The molecule has 2 aromatic carbocycles. The summed E-state index contributed by atoms with van der Waals surface area (Å²) in [6, 6.07) is 16.7. The molecule has 2 aromatic heterocycles. The molecule has 0 aliphatic rings. The molecule has 0 saturated heterocycles. The number of aliphatic hydroxyl groups excluding tert-OH is 1. The number of amides is 1. The summed E-state index contributed by atoms with van der Waals surface area (Å²) >= 11 is 0. The summed E-state index contributed by atoms with van der Waals surface area (Å²) in [6.45, 7) is 9.13. The predicted octanol–water partition coefficient (Wildman–Crippen LogP) is 4.12. The maximum Gasteiger partial charge on any atom is 0.329 e. The van der Waals surface area contributed by atoms with Gasteiger partial charge in [0, 0.05) is 31.7 Å². The summed E-state index contributed by atoms with van der Waals surface area (Å²) in [4.78, 5) is 32.3. The average Bonchev–Trinajstić information content (AvgIpc) is 3.49. The van der Waals surface area contributed by atoms with E-state index in [1.54, 1.807) is 37.6 Å². The van der Waals surface area contributed by atoms with Gasteiger partial charge in [-0.05, 0) is 66.1 Å². The topological polar surface area (TPSA) is 192 Å². The number of nitrogens with one attached hydrogen (secondary N) is 1. The van der Waals surface area contributed by atoms with Crippen LogP contribution in [0.2, 0.25) is 0 Å². The van der Waals surface area contributed by atoms with Gasteiger partial charge in [0.1, 0.15) is 11.8 Å². The van der Waals surface area contributed by atoms with Crippen LogP contribution in [0, 0.1) is 11.8 Å². The van der Waals surface area contributed by atoms with Crippen molar-refractivity contribution in [3.8, 4) is 0 Å². The number of imidazole rings is 1. The third-order valence-corrected chi connectivity index (χ3v) is 10.9. The first-order chi connectivity index (χ1) is 25.3. The van der Waals surface area contributed by atoms with Crippen molar-refractivity contribution < 1.29 is 28.7 Å². The van der Waals surface area contributed by atoms with Gasteiger partial charge in [-0.15, -0.1) is 0 Å². The Labute approximate surface area is 310 Å². The minimum absolute atomic E-state index is 0.00413. The molecule has 53 heavy (non-hydrogen) atoms. The van der Waals surface area contributed by atoms with Gasteiger partial charge in [0.15, 0.2) is 0 Å². The monoisotopic (exact) mass is 747 g/mol. The molecule has 0 spiro atoms. The van der Waals surface area contributed by atoms with Crippen molar-refractivity contribution in [1.29, 1.82) is 0 Å². The maximum absolute atomic E-state index is 14.3. The number of hydrogen-bond acceptors (Lipinski definition) is 10. The second-order valence-electron chi connectivity index (χ2n) is 13.6. The van der Waals surface area contributed by atoms with Gasteiger partial charge in [-0.3, -0.25) is 18.9 Å². The number of aromatic nitrogens is 3. The Balaban J connectivity index is 1.65. The lowest BCUT2D eigenvalue weighted by Gasteiger charge is -2.32. The van der Waals surface area contributed by atoms with Crippen LogP contribution in [0.3, 0.4) is 0 Å². The molecule has 4 N–H and O–H groups in total. The quantitative estimate of drug-likeness (QED) is 0.0664. The zero-order chi connectivity index (χ0) is 38.7. The van der Waals surface area contributed by atoms with Gasteiger partial charge in [-0.25, -0.2) is 13.2 Å². The van der Waals surface area contributed by atoms with Crippen LogP contribution in [0.1, 0.15) is 69.5 Å². The van der Waals surface area contributed by atoms with Crippen molar-refractivity contribution in [3.05, 3.63) is 118 Å². The minimum atomic E-state index is -4.09. The van der Waals surface area contributed by atoms with Crippen molar-refractivity contribution in [2.45, 2.75) is 77.1 Å². The Hall–Kier alpha value is -5.12. The SMILES string of the molecule is CCC(C)C(C(=O)N[C@@H](Cc1ccccc1)[C@H](O)CN(CC(C)C)S(=O)(=O)c1ccc(/C=N/O)cc1)n1ccn(Cc2ccnc(C(C)=NO)c2)c1=O. The second kappa shape index (κ2) is 18.6. The number of pyridine rings is 1. The molecule has 4 rings (SSSR count). The van der Waals surface area contributed by atoms with Crippen LogP contribution in [-0.2, 0) is 27.8 Å². The molecule has 2 heterocycles. The number of benzene rings is 2. The van der Waals surface area contributed by atoms with Gasteiger partial charge in [0.25, 0.3) is 0 Å². The third kappa shape index (κ3) is 10.5. The minimum Gasteiger partial charge on any atom is -0.411 e. The summed E-state index contributed by atoms with van der Waals surface area (Å²) in [5.74, 6) is -0.860. The van der Waals surface area contributed by atoms with Crippen LogP contribution in [0.4, 0.5) is 0 Å². The lowest BCUT2D eigenvalue weighted by Crippen LogP contribution is -2.53. The van der Waals surface area contributed by atoms with Crippen molar-refractivity contribution in [3.63, 3.8) is 0 Å². The van der Waals surface area contributed by atoms with Crippen molar-refractivity contribution >= 4 is 27.9 Å². The van der Waals surface area contributed by atoms with Crippen LogP contribution in [0.25, 0.3) is 0 Å². The first kappa shape index (κ1) is 40.6. The lowest BCUT2D eigenvalue weighted by molar-refractivity contribution is -0.127. The Morgan fingerprint density at radius 2 is 1.70 bits per heavy atom. The molecule has 0 saturated carbocycles. The number of carbonyl (C=O) groups excluding carboxylic acids is 1. The van der Waals surface area contributed by atoms with E-state index < -0.39 is 39.8 Å². The Morgan fingerprint density at radius 1 is 1.00 bits per heavy atom. The first-order valence-corrected chi connectivity index (χ1v) is 18.9. The molecule has 0 aliphatic carbocycles. The fraction of sp³-hybridized carbons (Fsp3) is 0.395. The van der Waals surface area contributed by atoms with Crippen LogP contribution in [-0.4, -0.2) is 85.4 Å². The Bertz CT molecular complexity index is 2030. The summed E-state index contributed by atoms with van der Waals surface area (Å²) in [5, 5.41) is 39.0. The lowest BCUT2D eigenvalue weighted by atomic mass is 9.96. The molecule has 14 nitrogen and oxygen atoms in total. The molecule has 2 unspecified atom stereocenters.